The lowest BCUT2D eigenvalue weighted by Gasteiger charge is -2.34. The molecule has 1 saturated heterocycles. The maximum atomic E-state index is 13.0. The summed E-state index contributed by atoms with van der Waals surface area (Å²) in [5.74, 6) is 0.311. The highest BCUT2D eigenvalue weighted by Crippen LogP contribution is 2.26. The molecule has 2 aromatic rings. The monoisotopic (exact) mass is 435 g/mol. The van der Waals surface area contributed by atoms with Gasteiger partial charge in [-0.1, -0.05) is 19.1 Å². The number of carbonyl (C=O) groups excluding carboxylic acids is 1. The Labute approximate surface area is 191 Å². The minimum absolute atomic E-state index is 0.0797. The molecule has 1 aliphatic heterocycles. The molecule has 0 saturated carbocycles. The van der Waals surface area contributed by atoms with Gasteiger partial charge in [0.2, 0.25) is 0 Å². The van der Waals surface area contributed by atoms with E-state index in [-0.39, 0.29) is 11.6 Å². The molecule has 0 aromatic heterocycles. The van der Waals surface area contributed by atoms with Crippen LogP contribution in [0.15, 0.2) is 42.5 Å². The largest absolute Gasteiger partial charge is 0.301 e. The number of piperazine rings is 1. The molecule has 1 atom stereocenters. The van der Waals surface area contributed by atoms with E-state index in [1.807, 2.05) is 13.0 Å². The van der Waals surface area contributed by atoms with Crippen molar-refractivity contribution in [3.63, 3.8) is 0 Å². The molecule has 170 valence electrons. The van der Waals surface area contributed by atoms with Gasteiger partial charge in [-0.05, 0) is 80.1 Å². The Hall–Kier alpha value is -2.55. The highest BCUT2D eigenvalue weighted by Gasteiger charge is 2.18. The van der Waals surface area contributed by atoms with Gasteiger partial charge in [0.15, 0.2) is 5.78 Å². The molecule has 2 aromatic carbocycles. The topological polar surface area (TPSA) is 47.3 Å². The van der Waals surface area contributed by atoms with E-state index in [9.17, 15) is 9.18 Å². The average Bonchev–Trinajstić information content (AvgIpc) is 2.81. The van der Waals surface area contributed by atoms with Gasteiger partial charge in [0.25, 0.3) is 0 Å². The molecule has 0 N–H and O–H groups in total. The highest BCUT2D eigenvalue weighted by atomic mass is 19.1. The molecule has 1 unspecified atom stereocenters. The van der Waals surface area contributed by atoms with E-state index in [4.69, 9.17) is 5.26 Å². The summed E-state index contributed by atoms with van der Waals surface area (Å²) >= 11 is 0. The van der Waals surface area contributed by atoms with E-state index < -0.39 is 0 Å². The maximum Gasteiger partial charge on any atom is 0.164 e. The molecular weight excluding hydrogens is 401 g/mol. The third kappa shape index (κ3) is 6.72. The summed E-state index contributed by atoms with van der Waals surface area (Å²) in [4.78, 5) is 17.2. The first-order chi connectivity index (χ1) is 15.5. The van der Waals surface area contributed by atoms with Crippen molar-refractivity contribution >= 4 is 5.78 Å². The Morgan fingerprint density at radius 1 is 1.06 bits per heavy atom. The molecule has 0 aliphatic carbocycles. The molecule has 5 heteroatoms. The number of ketones is 1. The number of Topliss-reactive ketones (excluding diaryl/α,β-unsaturated/α-hetero) is 1. The van der Waals surface area contributed by atoms with E-state index >= 15 is 0 Å². The van der Waals surface area contributed by atoms with Crippen LogP contribution in [0, 0.1) is 24.1 Å². The number of hydrogen-bond acceptors (Lipinski definition) is 4. The standard InChI is InChI=1S/C27H34FN3O/c1-3-22(24-6-7-25(20-29)21(2)19-24)5-4-13-30-15-17-31(18-16-30)14-12-27(32)23-8-10-26(28)11-9-23/h6-11,19,22H,3-5,12-18H2,1-2H3. The van der Waals surface area contributed by atoms with E-state index in [1.54, 1.807) is 12.1 Å². The number of halogens is 1. The molecule has 0 amide bonds. The maximum absolute atomic E-state index is 13.0. The van der Waals surface area contributed by atoms with Gasteiger partial charge in [-0.15, -0.1) is 0 Å². The Kier molecular flexibility index (Phi) is 8.96. The van der Waals surface area contributed by atoms with Crippen LogP contribution in [0.5, 0.6) is 0 Å². The fraction of sp³-hybridized carbons (Fsp3) is 0.481. The van der Waals surface area contributed by atoms with E-state index in [2.05, 4.69) is 34.9 Å². The van der Waals surface area contributed by atoms with Gasteiger partial charge in [-0.2, -0.15) is 5.26 Å². The van der Waals surface area contributed by atoms with Gasteiger partial charge < -0.3 is 9.80 Å². The Morgan fingerprint density at radius 2 is 1.72 bits per heavy atom. The van der Waals surface area contributed by atoms with Gasteiger partial charge in [0.05, 0.1) is 11.6 Å². The number of nitriles is 1. The van der Waals surface area contributed by atoms with Crippen molar-refractivity contribution in [2.24, 2.45) is 0 Å². The van der Waals surface area contributed by atoms with Crippen molar-refractivity contribution in [1.82, 2.24) is 9.80 Å². The summed E-state index contributed by atoms with van der Waals surface area (Å²) < 4.78 is 13.0. The molecule has 0 radical (unpaired) electrons. The Bertz CT molecular complexity index is 927. The summed E-state index contributed by atoms with van der Waals surface area (Å²) in [6.07, 6.45) is 3.92. The zero-order valence-corrected chi connectivity index (χ0v) is 19.3. The summed E-state index contributed by atoms with van der Waals surface area (Å²) in [5.41, 5.74) is 3.77. The lowest BCUT2D eigenvalue weighted by atomic mass is 9.90. The highest BCUT2D eigenvalue weighted by molar-refractivity contribution is 5.96. The van der Waals surface area contributed by atoms with Gasteiger partial charge in [0.1, 0.15) is 5.82 Å². The van der Waals surface area contributed by atoms with E-state index in [0.29, 0.717) is 17.9 Å². The smallest absolute Gasteiger partial charge is 0.164 e. The predicted molar refractivity (Wildman–Crippen MR) is 126 cm³/mol. The number of benzene rings is 2. The van der Waals surface area contributed by atoms with Gasteiger partial charge >= 0.3 is 0 Å². The van der Waals surface area contributed by atoms with Crippen molar-refractivity contribution in [3.05, 3.63) is 70.5 Å². The van der Waals surface area contributed by atoms with Crippen LogP contribution in [0.2, 0.25) is 0 Å². The van der Waals surface area contributed by atoms with Crippen molar-refractivity contribution in [3.8, 4) is 6.07 Å². The number of hydrogen-bond donors (Lipinski definition) is 0. The van der Waals surface area contributed by atoms with Gasteiger partial charge in [-0.3, -0.25) is 4.79 Å². The predicted octanol–water partition coefficient (Wildman–Crippen LogP) is 5.17. The van der Waals surface area contributed by atoms with Crippen molar-refractivity contribution in [2.45, 2.75) is 45.4 Å². The van der Waals surface area contributed by atoms with Gasteiger partial charge in [-0.25, -0.2) is 4.39 Å². The average molecular weight is 436 g/mol. The number of aryl methyl sites for hydroxylation is 1. The Balaban J connectivity index is 1.36. The van der Waals surface area contributed by atoms with Crippen LogP contribution >= 0.6 is 0 Å². The fourth-order valence-corrected chi connectivity index (χ4v) is 4.51. The second kappa shape index (κ2) is 11.9. The normalized spacial score (nSPS) is 15.9. The van der Waals surface area contributed by atoms with Crippen molar-refractivity contribution in [2.75, 3.05) is 39.3 Å². The summed E-state index contributed by atoms with van der Waals surface area (Å²) in [6, 6.07) is 14.3. The zero-order chi connectivity index (χ0) is 22.9. The molecule has 1 aliphatic rings. The van der Waals surface area contributed by atoms with E-state index in [0.717, 1.165) is 63.2 Å². The van der Waals surface area contributed by atoms with Crippen LogP contribution in [0.1, 0.15) is 65.6 Å². The third-order valence-electron chi connectivity index (χ3n) is 6.65. The molecule has 0 bridgehead atoms. The number of carbonyl (C=O) groups is 1. The molecule has 32 heavy (non-hydrogen) atoms. The van der Waals surface area contributed by atoms with Crippen LogP contribution in [0.25, 0.3) is 0 Å². The Morgan fingerprint density at radius 3 is 2.31 bits per heavy atom. The zero-order valence-electron chi connectivity index (χ0n) is 19.3. The molecule has 3 rings (SSSR count). The fourth-order valence-electron chi connectivity index (χ4n) is 4.51. The summed E-state index contributed by atoms with van der Waals surface area (Å²) in [6.45, 7) is 10.2. The van der Waals surface area contributed by atoms with Crippen molar-refractivity contribution < 1.29 is 9.18 Å². The summed E-state index contributed by atoms with van der Waals surface area (Å²) in [5, 5.41) is 9.14. The molecule has 1 heterocycles. The first kappa shape index (κ1) is 24.1. The SMILES string of the molecule is CCC(CCCN1CCN(CCC(=O)c2ccc(F)cc2)CC1)c1ccc(C#N)c(C)c1. The lowest BCUT2D eigenvalue weighted by Crippen LogP contribution is -2.47. The van der Waals surface area contributed by atoms with Crippen LogP contribution < -0.4 is 0 Å². The van der Waals surface area contributed by atoms with Crippen LogP contribution in [0.3, 0.4) is 0 Å². The van der Waals surface area contributed by atoms with Crippen molar-refractivity contribution in [1.29, 1.82) is 5.26 Å². The molecule has 0 spiro atoms. The number of nitrogens with zero attached hydrogens (tertiary/aromatic N) is 3. The summed E-state index contributed by atoms with van der Waals surface area (Å²) in [7, 11) is 0. The van der Waals surface area contributed by atoms with Crippen LogP contribution in [0.4, 0.5) is 4.39 Å². The lowest BCUT2D eigenvalue weighted by molar-refractivity contribution is 0.0926. The molecule has 1 fully saturated rings. The second-order valence-electron chi connectivity index (χ2n) is 8.80. The second-order valence-corrected chi connectivity index (χ2v) is 8.80. The minimum atomic E-state index is -0.310. The first-order valence-electron chi connectivity index (χ1n) is 11.7. The van der Waals surface area contributed by atoms with E-state index in [1.165, 1.54) is 24.1 Å². The first-order valence-corrected chi connectivity index (χ1v) is 11.7. The third-order valence-corrected chi connectivity index (χ3v) is 6.65. The minimum Gasteiger partial charge on any atom is -0.301 e. The molecule has 4 nitrogen and oxygen atoms in total. The van der Waals surface area contributed by atoms with Crippen LogP contribution in [-0.4, -0.2) is 54.9 Å². The number of rotatable bonds is 10. The van der Waals surface area contributed by atoms with Crippen LogP contribution in [-0.2, 0) is 0 Å². The van der Waals surface area contributed by atoms with Gasteiger partial charge in [0, 0.05) is 44.7 Å². The quantitative estimate of drug-likeness (QED) is 0.483. The molecular formula is C27H34FN3O.